The number of alkyl halides is 3. The molecule has 0 saturated carbocycles. The molecule has 0 aliphatic carbocycles. The molecule has 144 valence electrons. The van der Waals surface area contributed by atoms with Gasteiger partial charge in [-0.25, -0.2) is 0 Å². The maximum atomic E-state index is 12.4. The van der Waals surface area contributed by atoms with Crippen LogP contribution in [0.3, 0.4) is 0 Å². The van der Waals surface area contributed by atoms with E-state index in [1.165, 1.54) is 18.2 Å². The fourth-order valence-corrected chi connectivity index (χ4v) is 3.05. The summed E-state index contributed by atoms with van der Waals surface area (Å²) in [5.41, 5.74) is 7.66. The van der Waals surface area contributed by atoms with Gasteiger partial charge < -0.3 is 20.7 Å². The van der Waals surface area contributed by atoms with Gasteiger partial charge in [0.1, 0.15) is 5.75 Å². The van der Waals surface area contributed by atoms with Crippen LogP contribution in [0.2, 0.25) is 0 Å². The molecular formula is C19H20F3N3O2. The number of benzene rings is 2. The van der Waals surface area contributed by atoms with E-state index in [-0.39, 0.29) is 17.7 Å². The van der Waals surface area contributed by atoms with Crippen LogP contribution in [0, 0.1) is 0 Å². The molecule has 1 unspecified atom stereocenters. The summed E-state index contributed by atoms with van der Waals surface area (Å²) in [6, 6.07) is 12.8. The molecule has 1 heterocycles. The summed E-state index contributed by atoms with van der Waals surface area (Å²) in [4.78, 5) is 14.3. The van der Waals surface area contributed by atoms with E-state index in [4.69, 9.17) is 5.73 Å². The van der Waals surface area contributed by atoms with Crippen LogP contribution in [0.5, 0.6) is 5.75 Å². The monoisotopic (exact) mass is 379 g/mol. The van der Waals surface area contributed by atoms with E-state index in [2.05, 4.69) is 10.1 Å². The average Bonchev–Trinajstić information content (AvgIpc) is 3.09. The van der Waals surface area contributed by atoms with Crippen molar-refractivity contribution in [1.29, 1.82) is 0 Å². The van der Waals surface area contributed by atoms with Crippen molar-refractivity contribution in [3.63, 3.8) is 0 Å². The van der Waals surface area contributed by atoms with Gasteiger partial charge in [0.15, 0.2) is 0 Å². The second-order valence-corrected chi connectivity index (χ2v) is 6.35. The Hall–Kier alpha value is -2.74. The van der Waals surface area contributed by atoms with Crippen molar-refractivity contribution in [1.82, 2.24) is 5.32 Å². The van der Waals surface area contributed by atoms with E-state index < -0.39 is 6.36 Å². The molecule has 1 amide bonds. The van der Waals surface area contributed by atoms with Crippen LogP contribution in [-0.4, -0.2) is 31.4 Å². The minimum atomic E-state index is -4.72. The zero-order valence-corrected chi connectivity index (χ0v) is 14.5. The SMILES string of the molecule is NCc1ccc(C(=O)NC2CCN(c3cccc(OC(F)(F)F)c3)C2)cc1. The molecule has 5 nitrogen and oxygen atoms in total. The summed E-state index contributed by atoms with van der Waals surface area (Å²) < 4.78 is 41.1. The Bertz CT molecular complexity index is 794. The standard InChI is InChI=1S/C19H20F3N3O2/c20-19(21,22)27-17-3-1-2-16(10-17)25-9-8-15(12-25)24-18(26)14-6-4-13(11-23)5-7-14/h1-7,10,15H,8-9,11-12,23H2,(H,24,26). The molecule has 3 N–H and O–H groups in total. The van der Waals surface area contributed by atoms with Crippen molar-refractivity contribution in [2.75, 3.05) is 18.0 Å². The number of nitrogens with two attached hydrogens (primary N) is 1. The first-order valence-corrected chi connectivity index (χ1v) is 8.55. The van der Waals surface area contributed by atoms with Crippen molar-refractivity contribution < 1.29 is 22.7 Å². The number of anilines is 1. The van der Waals surface area contributed by atoms with Gasteiger partial charge in [0.25, 0.3) is 5.91 Å². The molecule has 2 aromatic carbocycles. The Morgan fingerprint density at radius 3 is 2.63 bits per heavy atom. The fraction of sp³-hybridized carbons (Fsp3) is 0.316. The van der Waals surface area contributed by atoms with Crippen molar-refractivity contribution >= 4 is 11.6 Å². The topological polar surface area (TPSA) is 67.6 Å². The Morgan fingerprint density at radius 1 is 1.22 bits per heavy atom. The lowest BCUT2D eigenvalue weighted by Crippen LogP contribution is -2.37. The maximum absolute atomic E-state index is 12.4. The van der Waals surface area contributed by atoms with E-state index in [0.717, 1.165) is 5.56 Å². The number of nitrogens with zero attached hydrogens (tertiary/aromatic N) is 1. The van der Waals surface area contributed by atoms with Gasteiger partial charge in [-0.15, -0.1) is 13.2 Å². The zero-order chi connectivity index (χ0) is 19.4. The van der Waals surface area contributed by atoms with Gasteiger partial charge in [0.05, 0.1) is 0 Å². The van der Waals surface area contributed by atoms with Gasteiger partial charge in [-0.2, -0.15) is 0 Å². The number of hydrogen-bond donors (Lipinski definition) is 2. The summed E-state index contributed by atoms with van der Waals surface area (Å²) >= 11 is 0. The van der Waals surface area contributed by atoms with E-state index in [9.17, 15) is 18.0 Å². The van der Waals surface area contributed by atoms with Crippen LogP contribution in [-0.2, 0) is 6.54 Å². The van der Waals surface area contributed by atoms with E-state index in [1.807, 2.05) is 17.0 Å². The smallest absolute Gasteiger partial charge is 0.406 e. The number of halogens is 3. The summed E-state index contributed by atoms with van der Waals surface area (Å²) in [5.74, 6) is -0.438. The van der Waals surface area contributed by atoms with Gasteiger partial charge in [-0.05, 0) is 36.2 Å². The number of carbonyl (C=O) groups excluding carboxylic acids is 1. The van der Waals surface area contributed by atoms with Gasteiger partial charge in [-0.1, -0.05) is 18.2 Å². The number of hydrogen-bond acceptors (Lipinski definition) is 4. The molecule has 8 heteroatoms. The third-order valence-corrected chi connectivity index (χ3v) is 4.39. The van der Waals surface area contributed by atoms with Crippen molar-refractivity contribution in [2.45, 2.75) is 25.4 Å². The third-order valence-electron chi connectivity index (χ3n) is 4.39. The summed E-state index contributed by atoms with van der Waals surface area (Å²) in [6.45, 7) is 1.56. The summed E-state index contributed by atoms with van der Waals surface area (Å²) in [6.07, 6.45) is -4.02. The van der Waals surface area contributed by atoms with Crippen LogP contribution in [0.15, 0.2) is 48.5 Å². The lowest BCUT2D eigenvalue weighted by atomic mass is 10.1. The van der Waals surface area contributed by atoms with Crippen LogP contribution in [0.25, 0.3) is 0 Å². The third kappa shape index (κ3) is 5.13. The van der Waals surface area contributed by atoms with Gasteiger partial charge in [0.2, 0.25) is 0 Å². The molecular weight excluding hydrogens is 359 g/mol. The largest absolute Gasteiger partial charge is 0.573 e. The second kappa shape index (κ2) is 7.87. The number of rotatable bonds is 5. The first kappa shape index (κ1) is 19.0. The predicted molar refractivity (Wildman–Crippen MR) is 95.5 cm³/mol. The zero-order valence-electron chi connectivity index (χ0n) is 14.5. The van der Waals surface area contributed by atoms with Crippen LogP contribution in [0.4, 0.5) is 18.9 Å². The Balaban J connectivity index is 1.59. The molecule has 0 aromatic heterocycles. The van der Waals surface area contributed by atoms with Crippen LogP contribution < -0.4 is 20.7 Å². The number of amides is 1. The first-order chi connectivity index (χ1) is 12.8. The summed E-state index contributed by atoms with van der Waals surface area (Å²) in [7, 11) is 0. The fourth-order valence-electron chi connectivity index (χ4n) is 3.05. The molecule has 1 atom stereocenters. The van der Waals surface area contributed by atoms with Crippen LogP contribution in [0.1, 0.15) is 22.3 Å². The molecule has 3 rings (SSSR count). The minimum Gasteiger partial charge on any atom is -0.406 e. The maximum Gasteiger partial charge on any atom is 0.573 e. The van der Waals surface area contributed by atoms with Crippen LogP contribution >= 0.6 is 0 Å². The lowest BCUT2D eigenvalue weighted by molar-refractivity contribution is -0.274. The molecule has 0 bridgehead atoms. The van der Waals surface area contributed by atoms with Gasteiger partial charge in [0, 0.05) is 43.0 Å². The average molecular weight is 379 g/mol. The summed E-state index contributed by atoms with van der Waals surface area (Å²) in [5, 5.41) is 2.96. The van der Waals surface area contributed by atoms with Crippen molar-refractivity contribution in [3.05, 3.63) is 59.7 Å². The predicted octanol–water partition coefficient (Wildman–Crippen LogP) is 3.05. The van der Waals surface area contributed by atoms with E-state index >= 15 is 0 Å². The Kier molecular flexibility index (Phi) is 5.55. The number of nitrogens with one attached hydrogen (secondary N) is 1. The quantitative estimate of drug-likeness (QED) is 0.838. The second-order valence-electron chi connectivity index (χ2n) is 6.35. The normalized spacial score (nSPS) is 17.0. The highest BCUT2D eigenvalue weighted by Crippen LogP contribution is 2.28. The molecule has 27 heavy (non-hydrogen) atoms. The lowest BCUT2D eigenvalue weighted by Gasteiger charge is -2.20. The Morgan fingerprint density at radius 2 is 1.96 bits per heavy atom. The highest BCUT2D eigenvalue weighted by Gasteiger charge is 2.31. The number of carbonyl (C=O) groups is 1. The highest BCUT2D eigenvalue weighted by molar-refractivity contribution is 5.94. The van der Waals surface area contributed by atoms with E-state index in [0.29, 0.717) is 37.3 Å². The Labute approximate surface area is 154 Å². The first-order valence-electron chi connectivity index (χ1n) is 8.55. The number of ether oxygens (including phenoxy) is 1. The van der Waals surface area contributed by atoms with Gasteiger partial charge >= 0.3 is 6.36 Å². The molecule has 0 radical (unpaired) electrons. The van der Waals surface area contributed by atoms with E-state index in [1.54, 1.807) is 18.2 Å². The molecule has 1 aliphatic heterocycles. The highest BCUT2D eigenvalue weighted by atomic mass is 19.4. The molecule has 2 aromatic rings. The minimum absolute atomic E-state index is 0.0844. The molecule has 1 fully saturated rings. The molecule has 0 spiro atoms. The molecule has 1 aliphatic rings. The van der Waals surface area contributed by atoms with Crippen molar-refractivity contribution in [2.24, 2.45) is 5.73 Å². The van der Waals surface area contributed by atoms with Crippen molar-refractivity contribution in [3.8, 4) is 5.75 Å². The molecule has 1 saturated heterocycles. The van der Waals surface area contributed by atoms with Gasteiger partial charge in [-0.3, -0.25) is 4.79 Å².